The predicted molar refractivity (Wildman–Crippen MR) is 111 cm³/mol. The Labute approximate surface area is 171 Å². The topological polar surface area (TPSA) is 79.6 Å². The van der Waals surface area contributed by atoms with Gasteiger partial charge in [0.25, 0.3) is 5.91 Å². The predicted octanol–water partition coefficient (Wildman–Crippen LogP) is 3.01. The van der Waals surface area contributed by atoms with Gasteiger partial charge in [0.1, 0.15) is 5.56 Å². The van der Waals surface area contributed by atoms with Crippen molar-refractivity contribution in [3.05, 3.63) is 29.7 Å². The third-order valence-electron chi connectivity index (χ3n) is 6.53. The molecule has 1 N–H and O–H groups in total. The molecule has 1 aliphatic carbocycles. The second-order valence-corrected chi connectivity index (χ2v) is 8.60. The number of hydrogen-bond donors (Lipinski definition) is 1. The molecule has 0 radical (unpaired) electrons. The molecule has 2 amide bonds. The van der Waals surface area contributed by atoms with Gasteiger partial charge in [-0.3, -0.25) is 9.59 Å². The van der Waals surface area contributed by atoms with E-state index in [2.05, 4.69) is 27.2 Å². The molecule has 0 spiro atoms. The summed E-state index contributed by atoms with van der Waals surface area (Å²) in [5.74, 6) is 1.32. The number of carbonyl (C=O) groups excluding carboxylic acids is 2. The van der Waals surface area contributed by atoms with Crippen molar-refractivity contribution in [2.24, 2.45) is 11.8 Å². The van der Waals surface area contributed by atoms with Gasteiger partial charge < -0.3 is 10.2 Å². The fraction of sp³-hybridized carbons (Fsp3) is 0.636. The van der Waals surface area contributed by atoms with Crippen molar-refractivity contribution < 1.29 is 9.59 Å². The first-order valence-electron chi connectivity index (χ1n) is 11.0. The number of fused-ring (bicyclic) bond motifs is 1. The summed E-state index contributed by atoms with van der Waals surface area (Å²) in [6.45, 7) is 6.31. The van der Waals surface area contributed by atoms with Gasteiger partial charge in [0, 0.05) is 37.7 Å². The minimum atomic E-state index is -0.154. The lowest BCUT2D eigenvalue weighted by Crippen LogP contribution is -2.43. The summed E-state index contributed by atoms with van der Waals surface area (Å²) in [6, 6.07) is 1.97. The maximum Gasteiger partial charge on any atom is 0.256 e. The van der Waals surface area contributed by atoms with Gasteiger partial charge in [-0.05, 0) is 57.4 Å². The van der Waals surface area contributed by atoms with E-state index in [1.165, 1.54) is 0 Å². The average molecular weight is 398 g/mol. The second kappa shape index (κ2) is 8.51. The minimum absolute atomic E-state index is 0.154. The van der Waals surface area contributed by atoms with E-state index in [0.29, 0.717) is 23.7 Å². The van der Waals surface area contributed by atoms with E-state index in [1.807, 2.05) is 13.0 Å². The number of rotatable bonds is 4. The normalized spacial score (nSPS) is 25.2. The van der Waals surface area contributed by atoms with Gasteiger partial charge in [-0.1, -0.05) is 6.92 Å². The Bertz CT molecular complexity index is 884. The molecule has 1 unspecified atom stereocenters. The fourth-order valence-electron chi connectivity index (χ4n) is 4.82. The summed E-state index contributed by atoms with van der Waals surface area (Å²) in [5.41, 5.74) is 2.10. The molecule has 7 heteroatoms. The number of nitrogens with zero attached hydrogens (tertiary/aromatic N) is 4. The number of likely N-dealkylation sites (tertiary alicyclic amines) is 1. The first kappa shape index (κ1) is 19.9. The maximum atomic E-state index is 13.1. The van der Waals surface area contributed by atoms with Crippen LogP contribution in [-0.2, 0) is 4.79 Å². The molecular formula is C22H31N5O2. The lowest BCUT2D eigenvalue weighted by atomic mass is 9.82. The fourth-order valence-corrected chi connectivity index (χ4v) is 4.82. The highest BCUT2D eigenvalue weighted by Crippen LogP contribution is 2.33. The van der Waals surface area contributed by atoms with Crippen LogP contribution in [0.15, 0.2) is 18.5 Å². The molecule has 0 bridgehead atoms. The van der Waals surface area contributed by atoms with Crippen LogP contribution in [0.3, 0.4) is 0 Å². The number of amides is 2. The van der Waals surface area contributed by atoms with Crippen molar-refractivity contribution in [1.82, 2.24) is 24.8 Å². The van der Waals surface area contributed by atoms with E-state index in [9.17, 15) is 9.59 Å². The Morgan fingerprint density at radius 3 is 2.76 bits per heavy atom. The summed E-state index contributed by atoms with van der Waals surface area (Å²) in [4.78, 5) is 31.9. The summed E-state index contributed by atoms with van der Waals surface area (Å²) in [5, 5.41) is 7.27. The molecule has 4 rings (SSSR count). The number of piperidine rings is 1. The highest BCUT2D eigenvalue weighted by Gasteiger charge is 2.32. The zero-order valence-corrected chi connectivity index (χ0v) is 17.4. The third-order valence-corrected chi connectivity index (χ3v) is 6.53. The van der Waals surface area contributed by atoms with Crippen LogP contribution in [0, 0.1) is 11.8 Å². The summed E-state index contributed by atoms with van der Waals surface area (Å²) in [7, 11) is 0. The average Bonchev–Trinajstić information content (AvgIpc) is 3.18. The van der Waals surface area contributed by atoms with Crippen LogP contribution in [0.25, 0.3) is 5.65 Å². The van der Waals surface area contributed by atoms with Gasteiger partial charge >= 0.3 is 0 Å². The van der Waals surface area contributed by atoms with E-state index in [4.69, 9.17) is 0 Å². The van der Waals surface area contributed by atoms with Crippen molar-refractivity contribution in [2.75, 3.05) is 19.6 Å². The summed E-state index contributed by atoms with van der Waals surface area (Å²) < 4.78 is 1.78. The Kier molecular flexibility index (Phi) is 5.83. The quantitative estimate of drug-likeness (QED) is 0.860. The largest absolute Gasteiger partial charge is 0.352 e. The lowest BCUT2D eigenvalue weighted by molar-refractivity contribution is -0.138. The van der Waals surface area contributed by atoms with Crippen LogP contribution in [0.4, 0.5) is 0 Å². The molecule has 1 saturated carbocycles. The van der Waals surface area contributed by atoms with Gasteiger partial charge in [-0.25, -0.2) is 9.50 Å². The van der Waals surface area contributed by atoms with Crippen molar-refractivity contribution in [2.45, 2.75) is 58.3 Å². The molecule has 2 fully saturated rings. The van der Waals surface area contributed by atoms with Crippen LogP contribution in [0.1, 0.15) is 74.3 Å². The van der Waals surface area contributed by atoms with Crippen LogP contribution >= 0.6 is 0 Å². The second-order valence-electron chi connectivity index (χ2n) is 8.60. The van der Waals surface area contributed by atoms with E-state index in [-0.39, 0.29) is 17.7 Å². The maximum absolute atomic E-state index is 13.1. The van der Waals surface area contributed by atoms with E-state index >= 15 is 0 Å². The van der Waals surface area contributed by atoms with Gasteiger partial charge in [-0.15, -0.1) is 0 Å². The zero-order valence-electron chi connectivity index (χ0n) is 17.4. The Hall–Kier alpha value is -2.44. The molecule has 1 aliphatic heterocycles. The van der Waals surface area contributed by atoms with Crippen LogP contribution < -0.4 is 5.32 Å². The first-order valence-corrected chi connectivity index (χ1v) is 11.0. The van der Waals surface area contributed by atoms with Crippen molar-refractivity contribution in [3.8, 4) is 0 Å². The lowest BCUT2D eigenvalue weighted by Gasteiger charge is -2.36. The van der Waals surface area contributed by atoms with Crippen molar-refractivity contribution in [1.29, 1.82) is 0 Å². The van der Waals surface area contributed by atoms with Crippen molar-refractivity contribution in [3.63, 3.8) is 0 Å². The number of aromatic nitrogens is 3. The Morgan fingerprint density at radius 2 is 2.00 bits per heavy atom. The first-order chi connectivity index (χ1) is 14.1. The molecule has 2 aromatic heterocycles. The SMILES string of the molecule is CCNC(=O)c1cnn2c(C3CCCN(C(=O)C4CCC(C)CC4)C3)ccnc12. The van der Waals surface area contributed by atoms with Crippen LogP contribution in [0.2, 0.25) is 0 Å². The summed E-state index contributed by atoms with van der Waals surface area (Å²) in [6.07, 6.45) is 9.72. The Balaban J connectivity index is 1.53. The van der Waals surface area contributed by atoms with E-state index in [1.54, 1.807) is 16.9 Å². The smallest absolute Gasteiger partial charge is 0.256 e. The van der Waals surface area contributed by atoms with Gasteiger partial charge in [-0.2, -0.15) is 5.10 Å². The van der Waals surface area contributed by atoms with Gasteiger partial charge in [0.15, 0.2) is 5.65 Å². The molecule has 3 heterocycles. The molecule has 0 aromatic carbocycles. The summed E-state index contributed by atoms with van der Waals surface area (Å²) >= 11 is 0. The number of nitrogens with one attached hydrogen (secondary N) is 1. The molecule has 156 valence electrons. The standard InChI is InChI=1S/C22H31N5O2/c1-3-23-21(28)18-13-25-27-19(10-11-24-20(18)27)17-5-4-12-26(14-17)22(29)16-8-6-15(2)7-9-16/h10-11,13,15-17H,3-9,12,14H2,1-2H3,(H,23,28). The number of carbonyl (C=O) groups is 2. The van der Waals surface area contributed by atoms with E-state index in [0.717, 1.165) is 63.2 Å². The van der Waals surface area contributed by atoms with Crippen LogP contribution in [0.5, 0.6) is 0 Å². The van der Waals surface area contributed by atoms with Crippen LogP contribution in [-0.4, -0.2) is 50.9 Å². The molecule has 2 aromatic rings. The highest BCUT2D eigenvalue weighted by molar-refractivity contribution is 5.99. The van der Waals surface area contributed by atoms with Gasteiger partial charge in [0.2, 0.25) is 5.91 Å². The molecule has 1 saturated heterocycles. The van der Waals surface area contributed by atoms with E-state index < -0.39 is 0 Å². The highest BCUT2D eigenvalue weighted by atomic mass is 16.2. The monoisotopic (exact) mass is 397 g/mol. The molecule has 1 atom stereocenters. The van der Waals surface area contributed by atoms with Crippen molar-refractivity contribution >= 4 is 17.5 Å². The zero-order chi connectivity index (χ0) is 20.4. The molecular weight excluding hydrogens is 366 g/mol. The van der Waals surface area contributed by atoms with Gasteiger partial charge in [0.05, 0.1) is 11.9 Å². The molecule has 2 aliphatic rings. The third kappa shape index (κ3) is 4.00. The minimum Gasteiger partial charge on any atom is -0.352 e. The molecule has 7 nitrogen and oxygen atoms in total. The number of hydrogen-bond acceptors (Lipinski definition) is 4. The Morgan fingerprint density at radius 1 is 1.21 bits per heavy atom. The molecule has 29 heavy (non-hydrogen) atoms.